The van der Waals surface area contributed by atoms with Gasteiger partial charge in [-0.3, -0.25) is 4.90 Å². The summed E-state index contributed by atoms with van der Waals surface area (Å²) in [5, 5.41) is 0. The average Bonchev–Trinajstić information content (AvgIpc) is 2.80. The minimum absolute atomic E-state index is 0.375. The third kappa shape index (κ3) is 5.03. The summed E-state index contributed by atoms with van der Waals surface area (Å²) in [4.78, 5) is 5.95. The van der Waals surface area contributed by atoms with Gasteiger partial charge < -0.3 is 9.64 Å². The molecule has 1 saturated heterocycles. The Morgan fingerprint density at radius 2 is 1.69 bits per heavy atom. The summed E-state index contributed by atoms with van der Waals surface area (Å²) in [6, 6.07) is 23.8. The number of rotatable bonds is 5. The Bertz CT molecular complexity index is 1060. The summed E-state index contributed by atoms with van der Waals surface area (Å²) >= 11 is 4.44. The molecule has 0 aromatic heterocycles. The van der Waals surface area contributed by atoms with Gasteiger partial charge in [0, 0.05) is 30.4 Å². The third-order valence-corrected chi connectivity index (χ3v) is 7.01. The van der Waals surface area contributed by atoms with Crippen LogP contribution in [0.3, 0.4) is 0 Å². The summed E-state index contributed by atoms with van der Waals surface area (Å²) in [7, 11) is 2.19. The summed E-state index contributed by atoms with van der Waals surface area (Å²) in [6.07, 6.45) is 4.01. The number of piperidine rings is 1. The quantitative estimate of drug-likeness (QED) is 0.463. The van der Waals surface area contributed by atoms with E-state index in [2.05, 4.69) is 96.2 Å². The van der Waals surface area contributed by atoms with E-state index in [-0.39, 0.29) is 0 Å². The minimum Gasteiger partial charge on any atom is -0.457 e. The van der Waals surface area contributed by atoms with Crippen LogP contribution in [0, 0.1) is 0 Å². The minimum atomic E-state index is 0.375. The van der Waals surface area contributed by atoms with Gasteiger partial charge in [-0.1, -0.05) is 36.8 Å². The number of nitrogens with zero attached hydrogens (tertiary/aromatic N) is 2. The van der Waals surface area contributed by atoms with Crippen molar-refractivity contribution in [2.24, 2.45) is 0 Å². The van der Waals surface area contributed by atoms with E-state index in [9.17, 15) is 0 Å². The van der Waals surface area contributed by atoms with Crippen molar-refractivity contribution < 1.29 is 4.74 Å². The zero-order valence-electron chi connectivity index (χ0n) is 18.8. The molecule has 32 heavy (non-hydrogen) atoms. The number of benzene rings is 3. The molecule has 3 aromatic rings. The Labute approximate surface area is 197 Å². The highest BCUT2D eigenvalue weighted by Crippen LogP contribution is 2.36. The van der Waals surface area contributed by atoms with Gasteiger partial charge in [0.15, 0.2) is 0 Å². The maximum Gasteiger partial charge on any atom is 0.127 e. The Morgan fingerprint density at radius 1 is 0.906 bits per heavy atom. The lowest BCUT2D eigenvalue weighted by Crippen LogP contribution is -2.30. The Hall–Kier alpha value is -2.27. The van der Waals surface area contributed by atoms with Crippen LogP contribution in [0.1, 0.15) is 47.4 Å². The van der Waals surface area contributed by atoms with Crippen molar-refractivity contribution in [3.8, 4) is 11.5 Å². The molecule has 1 unspecified atom stereocenters. The highest BCUT2D eigenvalue weighted by atomic mass is 32.1. The first-order valence-corrected chi connectivity index (χ1v) is 12.2. The first kappa shape index (κ1) is 21.6. The van der Waals surface area contributed by atoms with E-state index in [0.717, 1.165) is 36.0 Å². The second-order valence-corrected chi connectivity index (χ2v) is 9.80. The second-order valence-electron chi connectivity index (χ2n) is 9.29. The first-order chi connectivity index (χ1) is 15.6. The zero-order valence-corrected chi connectivity index (χ0v) is 19.7. The SMILES string of the molecule is CN1Cc2cc(Oc3cccc(CN4CCCCC4)c3)ccc2C(c2ccc(S)cc2)C1. The Balaban J connectivity index is 1.34. The molecule has 3 nitrogen and oxygen atoms in total. The van der Waals surface area contributed by atoms with E-state index in [0.29, 0.717) is 5.92 Å². The molecule has 0 saturated carbocycles. The lowest BCUT2D eigenvalue weighted by molar-refractivity contribution is 0.220. The van der Waals surface area contributed by atoms with Crippen LogP contribution in [0.5, 0.6) is 11.5 Å². The second kappa shape index (κ2) is 9.70. The van der Waals surface area contributed by atoms with E-state index < -0.39 is 0 Å². The van der Waals surface area contributed by atoms with E-state index in [4.69, 9.17) is 4.74 Å². The van der Waals surface area contributed by atoms with Gasteiger partial charge in [-0.25, -0.2) is 0 Å². The average molecular weight is 445 g/mol. The van der Waals surface area contributed by atoms with E-state index >= 15 is 0 Å². The van der Waals surface area contributed by atoms with E-state index in [1.807, 2.05) is 0 Å². The van der Waals surface area contributed by atoms with Crippen molar-refractivity contribution in [3.63, 3.8) is 0 Å². The molecule has 0 amide bonds. The normalized spacial score (nSPS) is 19.5. The van der Waals surface area contributed by atoms with Gasteiger partial charge in [0.2, 0.25) is 0 Å². The van der Waals surface area contributed by atoms with Gasteiger partial charge in [-0.2, -0.15) is 0 Å². The molecule has 2 heterocycles. The standard InChI is InChI=1S/C28H32N2OS/c1-29-19-23-17-25(10-13-27(23)28(20-29)22-8-11-26(32)12-9-22)31-24-7-5-6-21(16-24)18-30-14-3-2-4-15-30/h5-13,16-17,28,32H,2-4,14-15,18-20H2,1H3. The Kier molecular flexibility index (Phi) is 6.54. The lowest BCUT2D eigenvalue weighted by atomic mass is 9.85. The molecule has 0 bridgehead atoms. The fourth-order valence-electron chi connectivity index (χ4n) is 5.10. The maximum atomic E-state index is 6.32. The number of fused-ring (bicyclic) bond motifs is 1. The van der Waals surface area contributed by atoms with Crippen LogP contribution >= 0.6 is 12.6 Å². The van der Waals surface area contributed by atoms with Crippen molar-refractivity contribution in [2.45, 2.75) is 43.2 Å². The van der Waals surface area contributed by atoms with Crippen LogP contribution in [0.25, 0.3) is 0 Å². The number of thiol groups is 1. The number of likely N-dealkylation sites (tertiary alicyclic amines) is 1. The fourth-order valence-corrected chi connectivity index (χ4v) is 5.25. The fraction of sp³-hybridized carbons (Fsp3) is 0.357. The molecular formula is C28H32N2OS. The number of hydrogen-bond donors (Lipinski definition) is 1. The molecule has 3 aromatic carbocycles. The third-order valence-electron chi connectivity index (χ3n) is 6.71. The highest BCUT2D eigenvalue weighted by Gasteiger charge is 2.25. The summed E-state index contributed by atoms with van der Waals surface area (Å²) < 4.78 is 6.32. The topological polar surface area (TPSA) is 15.7 Å². The van der Waals surface area contributed by atoms with Gasteiger partial charge in [0.1, 0.15) is 11.5 Å². The first-order valence-electron chi connectivity index (χ1n) is 11.7. The molecule has 2 aliphatic heterocycles. The predicted octanol–water partition coefficient (Wildman–Crippen LogP) is 6.33. The van der Waals surface area contributed by atoms with Gasteiger partial charge >= 0.3 is 0 Å². The van der Waals surface area contributed by atoms with E-state index in [1.165, 1.54) is 54.6 Å². The molecule has 0 aliphatic carbocycles. The van der Waals surface area contributed by atoms with Crippen LogP contribution in [-0.2, 0) is 13.1 Å². The summed E-state index contributed by atoms with van der Waals surface area (Å²) in [5.74, 6) is 2.21. The molecule has 2 aliphatic rings. The molecule has 166 valence electrons. The highest BCUT2D eigenvalue weighted by molar-refractivity contribution is 7.80. The monoisotopic (exact) mass is 444 g/mol. The van der Waals surface area contributed by atoms with Crippen LogP contribution in [-0.4, -0.2) is 36.5 Å². The summed E-state index contributed by atoms with van der Waals surface area (Å²) in [5.41, 5.74) is 5.42. The van der Waals surface area contributed by atoms with Crippen LogP contribution in [0.2, 0.25) is 0 Å². The van der Waals surface area contributed by atoms with Crippen molar-refractivity contribution in [1.29, 1.82) is 0 Å². The van der Waals surface area contributed by atoms with Gasteiger partial charge in [0.05, 0.1) is 0 Å². The molecule has 4 heteroatoms. The van der Waals surface area contributed by atoms with Crippen LogP contribution in [0.4, 0.5) is 0 Å². The van der Waals surface area contributed by atoms with E-state index in [1.54, 1.807) is 0 Å². The molecule has 1 atom stereocenters. The number of hydrogen-bond acceptors (Lipinski definition) is 4. The van der Waals surface area contributed by atoms with Crippen molar-refractivity contribution in [3.05, 3.63) is 89.0 Å². The molecule has 1 fully saturated rings. The molecule has 0 radical (unpaired) electrons. The molecular weight excluding hydrogens is 412 g/mol. The van der Waals surface area contributed by atoms with Crippen LogP contribution in [0.15, 0.2) is 71.6 Å². The maximum absolute atomic E-state index is 6.32. The van der Waals surface area contributed by atoms with Crippen molar-refractivity contribution in [1.82, 2.24) is 9.80 Å². The number of likely N-dealkylation sites (N-methyl/N-ethyl adjacent to an activating group) is 1. The van der Waals surface area contributed by atoms with Gasteiger partial charge in [-0.05, 0) is 91.6 Å². The van der Waals surface area contributed by atoms with Gasteiger partial charge in [0.25, 0.3) is 0 Å². The van der Waals surface area contributed by atoms with Crippen LogP contribution < -0.4 is 4.74 Å². The Morgan fingerprint density at radius 3 is 2.50 bits per heavy atom. The molecule has 0 spiro atoms. The smallest absolute Gasteiger partial charge is 0.127 e. The van der Waals surface area contributed by atoms with Crippen molar-refractivity contribution in [2.75, 3.05) is 26.7 Å². The zero-order chi connectivity index (χ0) is 21.9. The van der Waals surface area contributed by atoms with Crippen molar-refractivity contribution >= 4 is 12.6 Å². The lowest BCUT2D eigenvalue weighted by Gasteiger charge is -2.33. The summed E-state index contributed by atoms with van der Waals surface area (Å²) in [6.45, 7) is 5.40. The predicted molar refractivity (Wildman–Crippen MR) is 134 cm³/mol. The largest absolute Gasteiger partial charge is 0.457 e. The molecule has 5 rings (SSSR count). The molecule has 0 N–H and O–H groups in total. The number of ether oxygens (including phenoxy) is 1. The van der Waals surface area contributed by atoms with Gasteiger partial charge in [-0.15, -0.1) is 12.6 Å².